The molecule has 0 saturated heterocycles. The van der Waals surface area contributed by atoms with Crippen molar-refractivity contribution in [3.63, 3.8) is 0 Å². The number of hydrogen-bond donors (Lipinski definition) is 2. The third-order valence-electron chi connectivity index (χ3n) is 11.5. The van der Waals surface area contributed by atoms with Crippen LogP contribution in [0.4, 0.5) is 17.1 Å². The second-order valence-corrected chi connectivity index (χ2v) is 16.6. The molecule has 0 fully saturated rings. The maximum atomic E-state index is 6.06. The highest BCUT2D eigenvalue weighted by molar-refractivity contribution is 9.10. The first-order chi connectivity index (χ1) is 32.0. The number of benzene rings is 10. The van der Waals surface area contributed by atoms with Crippen LogP contribution >= 0.6 is 15.9 Å². The van der Waals surface area contributed by atoms with Crippen molar-refractivity contribution in [2.45, 2.75) is 0 Å². The van der Waals surface area contributed by atoms with Gasteiger partial charge < -0.3 is 19.9 Å². The topological polar surface area (TPSA) is 64.3 Å². The molecule has 0 aliphatic heterocycles. The Morgan fingerprint density at radius 3 is 1.29 bits per heavy atom. The van der Waals surface area contributed by atoms with Crippen molar-refractivity contribution in [2.24, 2.45) is 0 Å². The lowest BCUT2D eigenvalue weighted by molar-refractivity contribution is 0.668. The number of nitrogen functional groups attached to an aromatic ring is 1. The maximum absolute atomic E-state index is 6.06. The van der Waals surface area contributed by atoms with Crippen LogP contribution in [0.1, 0.15) is 0 Å². The van der Waals surface area contributed by atoms with Crippen molar-refractivity contribution in [3.8, 4) is 44.5 Å². The van der Waals surface area contributed by atoms with Gasteiger partial charge in [0.1, 0.15) is 22.3 Å². The largest absolute Gasteiger partial charge is 0.456 e. The van der Waals surface area contributed by atoms with Gasteiger partial charge in [0, 0.05) is 48.6 Å². The minimum absolute atomic E-state index is 0.776. The second-order valence-electron chi connectivity index (χ2n) is 15.7. The van der Waals surface area contributed by atoms with E-state index in [0.29, 0.717) is 0 Å². The van der Waals surface area contributed by atoms with Gasteiger partial charge in [-0.25, -0.2) is 0 Å². The van der Waals surface area contributed by atoms with Gasteiger partial charge in [-0.1, -0.05) is 186 Å². The molecule has 0 saturated carbocycles. The van der Waals surface area contributed by atoms with Gasteiger partial charge in [0.15, 0.2) is 0 Å². The normalized spacial score (nSPS) is 10.9. The molecule has 0 bridgehead atoms. The fraction of sp³-hybridized carbons (Fsp3) is 0. The highest BCUT2D eigenvalue weighted by Gasteiger charge is 2.10. The van der Waals surface area contributed by atoms with Crippen molar-refractivity contribution in [2.75, 3.05) is 11.1 Å². The zero-order valence-corrected chi connectivity index (χ0v) is 37.0. The summed E-state index contributed by atoms with van der Waals surface area (Å²) in [6, 6.07) is 82.9. The Bertz CT molecular complexity index is 3520. The summed E-state index contributed by atoms with van der Waals surface area (Å²) in [5.74, 6) is 0. The van der Waals surface area contributed by atoms with Crippen LogP contribution in [0, 0.1) is 0 Å². The van der Waals surface area contributed by atoms with Gasteiger partial charge >= 0.3 is 0 Å². The van der Waals surface area contributed by atoms with E-state index in [9.17, 15) is 0 Å². The molecule has 12 rings (SSSR count). The Balaban J connectivity index is 0.000000128. The summed E-state index contributed by atoms with van der Waals surface area (Å²) in [4.78, 5) is 0. The van der Waals surface area contributed by atoms with Crippen LogP contribution in [0.2, 0.25) is 0 Å². The van der Waals surface area contributed by atoms with Crippen LogP contribution in [0.15, 0.2) is 256 Å². The molecule has 10 aromatic carbocycles. The van der Waals surface area contributed by atoms with Crippen LogP contribution in [-0.2, 0) is 0 Å². The lowest BCUT2D eigenvalue weighted by atomic mass is 10.0. The Morgan fingerprint density at radius 1 is 0.323 bits per heavy atom. The van der Waals surface area contributed by atoms with Crippen LogP contribution in [0.25, 0.3) is 88.4 Å². The summed E-state index contributed by atoms with van der Waals surface area (Å²) in [6.07, 6.45) is 0. The van der Waals surface area contributed by atoms with Crippen molar-refractivity contribution in [1.82, 2.24) is 0 Å². The third kappa shape index (κ3) is 9.05. The summed E-state index contributed by atoms with van der Waals surface area (Å²) >= 11 is 3.53. The quantitative estimate of drug-likeness (QED) is 0.163. The molecule has 312 valence electrons. The van der Waals surface area contributed by atoms with E-state index in [0.717, 1.165) is 87.7 Å². The number of halogens is 1. The molecule has 3 N–H and O–H groups in total. The van der Waals surface area contributed by atoms with Crippen molar-refractivity contribution in [1.29, 1.82) is 0 Å². The van der Waals surface area contributed by atoms with Gasteiger partial charge in [-0.2, -0.15) is 0 Å². The molecule has 2 heterocycles. The van der Waals surface area contributed by atoms with E-state index in [-0.39, 0.29) is 0 Å². The minimum atomic E-state index is 0.776. The molecule has 65 heavy (non-hydrogen) atoms. The highest BCUT2D eigenvalue weighted by Crippen LogP contribution is 2.35. The molecule has 5 heteroatoms. The predicted molar refractivity (Wildman–Crippen MR) is 277 cm³/mol. The number of hydrogen-bond acceptors (Lipinski definition) is 4. The lowest BCUT2D eigenvalue weighted by Gasteiger charge is -2.13. The number of furan rings is 2. The average Bonchev–Trinajstić information content (AvgIpc) is 3.93. The Labute approximate surface area is 386 Å². The second kappa shape index (κ2) is 18.7. The van der Waals surface area contributed by atoms with Gasteiger partial charge in [-0.3, -0.25) is 0 Å². The first-order valence-corrected chi connectivity index (χ1v) is 22.3. The molecule has 0 spiro atoms. The summed E-state index contributed by atoms with van der Waals surface area (Å²) in [5.41, 5.74) is 21.8. The SMILES string of the molecule is Brc1ccccc1-c1ccccc1.Nc1ccc(-c2ccc3c(c2)oc2ccccc23)cc1.c1ccc(-c2ccccc2Nc2ccc(-c3ccc4c(c3)oc3ccccc34)cc2)cc1. The van der Waals surface area contributed by atoms with E-state index in [1.165, 1.54) is 22.3 Å². The number of nitrogens with one attached hydrogen (secondary N) is 1. The van der Waals surface area contributed by atoms with Gasteiger partial charge in [-0.05, 0) is 112 Å². The van der Waals surface area contributed by atoms with Gasteiger partial charge in [0.25, 0.3) is 0 Å². The Hall–Kier alpha value is -8.12. The number of para-hydroxylation sites is 3. The fourth-order valence-corrected chi connectivity index (χ4v) is 8.68. The molecule has 0 unspecified atom stereocenters. The Kier molecular flexibility index (Phi) is 11.8. The summed E-state index contributed by atoms with van der Waals surface area (Å²) in [7, 11) is 0. The van der Waals surface area contributed by atoms with E-state index >= 15 is 0 Å². The number of anilines is 3. The molecular weight excluding hydrogens is 861 g/mol. The molecule has 0 aliphatic carbocycles. The lowest BCUT2D eigenvalue weighted by Crippen LogP contribution is -1.93. The highest BCUT2D eigenvalue weighted by atomic mass is 79.9. The van der Waals surface area contributed by atoms with E-state index in [4.69, 9.17) is 14.6 Å². The minimum Gasteiger partial charge on any atom is -0.456 e. The van der Waals surface area contributed by atoms with Crippen molar-refractivity contribution in [3.05, 3.63) is 247 Å². The molecule has 4 nitrogen and oxygen atoms in total. The van der Waals surface area contributed by atoms with Crippen molar-refractivity contribution >= 4 is 76.9 Å². The molecule has 0 atom stereocenters. The number of fused-ring (bicyclic) bond motifs is 6. The summed E-state index contributed by atoms with van der Waals surface area (Å²) in [6.45, 7) is 0. The number of nitrogens with two attached hydrogens (primary N) is 1. The van der Waals surface area contributed by atoms with Crippen molar-refractivity contribution < 1.29 is 8.83 Å². The predicted octanol–water partition coefficient (Wildman–Crippen LogP) is 17.6. The van der Waals surface area contributed by atoms with Crippen LogP contribution < -0.4 is 11.1 Å². The van der Waals surface area contributed by atoms with Gasteiger partial charge in [-0.15, -0.1) is 0 Å². The fourth-order valence-electron chi connectivity index (χ4n) is 8.16. The standard InChI is InChI=1S/C30H21NO.C18H13NO.C12H9Br/c1-2-8-22(9-3-1)25-10-4-6-12-28(25)31-24-17-14-21(15-18-24)23-16-19-27-26-11-5-7-13-29(26)32-30(27)20-23;19-14-8-5-12(6-9-14)13-7-10-16-15-3-1-2-4-17(15)20-18(16)11-13;13-12-9-5-4-8-11(12)10-6-2-1-3-7-10/h1-20,31H;1-11H,19H2;1-9H. The van der Waals surface area contributed by atoms with E-state index in [1.54, 1.807) is 0 Å². The first-order valence-electron chi connectivity index (χ1n) is 21.5. The van der Waals surface area contributed by atoms with Crippen LogP contribution in [0.3, 0.4) is 0 Å². The zero-order chi connectivity index (χ0) is 44.0. The average molecular weight is 904 g/mol. The van der Waals surface area contributed by atoms with Crippen LogP contribution in [-0.4, -0.2) is 0 Å². The van der Waals surface area contributed by atoms with Gasteiger partial charge in [0.05, 0.1) is 0 Å². The van der Waals surface area contributed by atoms with Crippen LogP contribution in [0.5, 0.6) is 0 Å². The monoisotopic (exact) mass is 902 g/mol. The zero-order valence-electron chi connectivity index (χ0n) is 35.4. The van der Waals surface area contributed by atoms with Gasteiger partial charge in [0.2, 0.25) is 0 Å². The smallest absolute Gasteiger partial charge is 0.136 e. The maximum Gasteiger partial charge on any atom is 0.136 e. The van der Waals surface area contributed by atoms with E-state index in [2.05, 4.69) is 179 Å². The summed E-state index contributed by atoms with van der Waals surface area (Å²) < 4.78 is 13.1. The molecular formula is C60H43BrN2O2. The molecule has 12 aromatic rings. The van der Waals surface area contributed by atoms with E-state index < -0.39 is 0 Å². The third-order valence-corrected chi connectivity index (χ3v) is 12.2. The Morgan fingerprint density at radius 2 is 0.738 bits per heavy atom. The van der Waals surface area contributed by atoms with E-state index in [1.807, 2.05) is 84.9 Å². The molecule has 0 radical (unpaired) electrons. The molecule has 2 aromatic heterocycles. The summed E-state index contributed by atoms with van der Waals surface area (Å²) in [5, 5.41) is 8.20. The molecule has 0 aliphatic rings. The number of rotatable bonds is 6. The molecule has 0 amide bonds. The first kappa shape index (κ1) is 40.9.